The molecule has 0 aromatic carbocycles. The van der Waals surface area contributed by atoms with Crippen molar-refractivity contribution in [2.75, 3.05) is 13.2 Å². The van der Waals surface area contributed by atoms with E-state index in [-0.39, 0.29) is 11.8 Å². The van der Waals surface area contributed by atoms with Crippen molar-refractivity contribution < 1.29 is 19.4 Å². The molecule has 0 aliphatic carbocycles. The Morgan fingerprint density at radius 3 is 2.38 bits per heavy atom. The number of carboxylic acids is 1. The summed E-state index contributed by atoms with van der Waals surface area (Å²) in [5.74, 6) is -1.03. The number of rotatable bonds is 4. The van der Waals surface area contributed by atoms with Crippen molar-refractivity contribution in [3.05, 3.63) is 0 Å². The summed E-state index contributed by atoms with van der Waals surface area (Å²) in [6.45, 7) is 4.70. The highest BCUT2D eigenvalue weighted by Crippen LogP contribution is 2.23. The van der Waals surface area contributed by atoms with Crippen LogP contribution in [0.1, 0.15) is 26.7 Å². The molecule has 92 valence electrons. The minimum Gasteiger partial charge on any atom is -0.480 e. The Morgan fingerprint density at radius 1 is 1.31 bits per heavy atom. The molecule has 1 saturated heterocycles. The Balaban J connectivity index is 2.43. The maximum atomic E-state index is 11.7. The molecule has 1 amide bonds. The van der Waals surface area contributed by atoms with Gasteiger partial charge in [0.1, 0.15) is 6.04 Å². The van der Waals surface area contributed by atoms with Gasteiger partial charge in [0.05, 0.1) is 0 Å². The van der Waals surface area contributed by atoms with Crippen LogP contribution in [0.4, 0.5) is 0 Å². The standard InChI is InChI=1S/C11H19NO4/c1-7(9-3-5-16-6-4-9)10(13)12-8(2)11(14)15/h7-9H,3-6H2,1-2H3,(H,12,13)(H,14,15)/t7?,8-/m1/s1. The maximum Gasteiger partial charge on any atom is 0.325 e. The smallest absolute Gasteiger partial charge is 0.325 e. The first kappa shape index (κ1) is 13.0. The van der Waals surface area contributed by atoms with Crippen LogP contribution in [0, 0.1) is 11.8 Å². The molecule has 1 heterocycles. The molecule has 1 unspecified atom stereocenters. The van der Waals surface area contributed by atoms with Crippen molar-refractivity contribution in [2.24, 2.45) is 11.8 Å². The first-order valence-corrected chi connectivity index (χ1v) is 5.63. The highest BCUT2D eigenvalue weighted by atomic mass is 16.5. The quantitative estimate of drug-likeness (QED) is 0.741. The van der Waals surface area contributed by atoms with Gasteiger partial charge in [0.2, 0.25) is 5.91 Å². The number of hydrogen-bond donors (Lipinski definition) is 2. The van der Waals surface area contributed by atoms with Gasteiger partial charge in [0, 0.05) is 19.1 Å². The van der Waals surface area contributed by atoms with E-state index < -0.39 is 12.0 Å². The fourth-order valence-corrected chi connectivity index (χ4v) is 1.84. The molecule has 0 spiro atoms. The molecule has 0 bridgehead atoms. The number of hydrogen-bond acceptors (Lipinski definition) is 3. The molecule has 1 aliphatic rings. The highest BCUT2D eigenvalue weighted by Gasteiger charge is 2.27. The van der Waals surface area contributed by atoms with E-state index in [1.54, 1.807) is 0 Å². The van der Waals surface area contributed by atoms with Crippen LogP contribution in [0.2, 0.25) is 0 Å². The molecule has 0 radical (unpaired) electrons. The molecule has 2 N–H and O–H groups in total. The van der Waals surface area contributed by atoms with Crippen LogP contribution < -0.4 is 5.32 Å². The van der Waals surface area contributed by atoms with Gasteiger partial charge < -0.3 is 15.2 Å². The summed E-state index contributed by atoms with van der Waals surface area (Å²) in [7, 11) is 0. The first-order chi connectivity index (χ1) is 7.52. The minimum absolute atomic E-state index is 0.148. The third kappa shape index (κ3) is 3.48. The largest absolute Gasteiger partial charge is 0.480 e. The maximum absolute atomic E-state index is 11.7. The zero-order valence-corrected chi connectivity index (χ0v) is 9.73. The number of nitrogens with one attached hydrogen (secondary N) is 1. The van der Waals surface area contributed by atoms with Gasteiger partial charge in [0.15, 0.2) is 0 Å². The molecule has 5 nitrogen and oxygen atoms in total. The zero-order valence-electron chi connectivity index (χ0n) is 9.73. The van der Waals surface area contributed by atoms with Crippen LogP contribution in [0.5, 0.6) is 0 Å². The van der Waals surface area contributed by atoms with Gasteiger partial charge in [-0.3, -0.25) is 9.59 Å². The van der Waals surface area contributed by atoms with E-state index in [9.17, 15) is 9.59 Å². The third-order valence-electron chi connectivity index (χ3n) is 3.12. The predicted molar refractivity (Wildman–Crippen MR) is 57.9 cm³/mol. The van der Waals surface area contributed by atoms with Crippen LogP contribution in [-0.4, -0.2) is 36.2 Å². The van der Waals surface area contributed by atoms with Crippen LogP contribution in [-0.2, 0) is 14.3 Å². The molecular weight excluding hydrogens is 210 g/mol. The summed E-state index contributed by atoms with van der Waals surface area (Å²) in [6.07, 6.45) is 1.74. The van der Waals surface area contributed by atoms with Crippen molar-refractivity contribution in [1.29, 1.82) is 0 Å². The molecule has 0 aromatic heterocycles. The molecule has 0 saturated carbocycles. The Labute approximate surface area is 95.2 Å². The Morgan fingerprint density at radius 2 is 1.88 bits per heavy atom. The van der Waals surface area contributed by atoms with Gasteiger partial charge in [-0.2, -0.15) is 0 Å². The molecule has 2 atom stereocenters. The minimum atomic E-state index is -1.01. The number of amides is 1. The third-order valence-corrected chi connectivity index (χ3v) is 3.12. The molecular formula is C11H19NO4. The van der Waals surface area contributed by atoms with Crippen molar-refractivity contribution in [1.82, 2.24) is 5.32 Å². The summed E-state index contributed by atoms with van der Waals surface area (Å²) >= 11 is 0. The monoisotopic (exact) mass is 229 g/mol. The second kappa shape index (κ2) is 5.84. The summed E-state index contributed by atoms with van der Waals surface area (Å²) in [6, 6.07) is -0.824. The average Bonchev–Trinajstić information content (AvgIpc) is 2.28. The van der Waals surface area contributed by atoms with E-state index in [0.29, 0.717) is 19.1 Å². The van der Waals surface area contributed by atoms with Gasteiger partial charge >= 0.3 is 5.97 Å². The fraction of sp³-hybridized carbons (Fsp3) is 0.818. The van der Waals surface area contributed by atoms with Crippen LogP contribution >= 0.6 is 0 Å². The van der Waals surface area contributed by atoms with E-state index >= 15 is 0 Å². The van der Waals surface area contributed by atoms with Crippen LogP contribution in [0.3, 0.4) is 0 Å². The summed E-state index contributed by atoms with van der Waals surface area (Å²) < 4.78 is 5.22. The average molecular weight is 229 g/mol. The van der Waals surface area contributed by atoms with Crippen molar-refractivity contribution in [2.45, 2.75) is 32.7 Å². The van der Waals surface area contributed by atoms with Crippen molar-refractivity contribution >= 4 is 11.9 Å². The van der Waals surface area contributed by atoms with Gasteiger partial charge in [-0.1, -0.05) is 6.92 Å². The van der Waals surface area contributed by atoms with E-state index in [1.807, 2.05) is 6.92 Å². The summed E-state index contributed by atoms with van der Waals surface area (Å²) in [5.41, 5.74) is 0. The SMILES string of the molecule is CC(C(=O)N[C@H](C)C(=O)O)C1CCOCC1. The van der Waals surface area contributed by atoms with Gasteiger partial charge in [0.25, 0.3) is 0 Å². The Kier molecular flexibility index (Phi) is 4.73. The predicted octanol–water partition coefficient (Wildman–Crippen LogP) is 0.638. The first-order valence-electron chi connectivity index (χ1n) is 5.63. The molecule has 1 fully saturated rings. The molecule has 1 rings (SSSR count). The second-order valence-electron chi connectivity index (χ2n) is 4.31. The molecule has 5 heteroatoms. The Hall–Kier alpha value is -1.10. The number of carbonyl (C=O) groups excluding carboxylic acids is 1. The van der Waals surface area contributed by atoms with E-state index in [0.717, 1.165) is 12.8 Å². The number of aliphatic carboxylic acids is 1. The summed E-state index contributed by atoms with van der Waals surface area (Å²) in [5, 5.41) is 11.2. The molecule has 16 heavy (non-hydrogen) atoms. The number of ether oxygens (including phenoxy) is 1. The van der Waals surface area contributed by atoms with E-state index in [4.69, 9.17) is 9.84 Å². The van der Waals surface area contributed by atoms with Crippen molar-refractivity contribution in [3.8, 4) is 0 Å². The van der Waals surface area contributed by atoms with Gasteiger partial charge in [-0.15, -0.1) is 0 Å². The van der Waals surface area contributed by atoms with Crippen LogP contribution in [0.25, 0.3) is 0 Å². The molecule has 1 aliphatic heterocycles. The van der Waals surface area contributed by atoms with E-state index in [1.165, 1.54) is 6.92 Å². The van der Waals surface area contributed by atoms with Crippen molar-refractivity contribution in [3.63, 3.8) is 0 Å². The lowest BCUT2D eigenvalue weighted by atomic mass is 9.86. The highest BCUT2D eigenvalue weighted by molar-refractivity contribution is 5.84. The number of carboxylic acid groups (broad SMARTS) is 1. The van der Waals surface area contributed by atoms with E-state index in [2.05, 4.69) is 5.32 Å². The Bertz CT molecular complexity index is 261. The van der Waals surface area contributed by atoms with Gasteiger partial charge in [-0.05, 0) is 25.7 Å². The zero-order chi connectivity index (χ0) is 12.1. The normalized spacial score (nSPS) is 21.1. The lowest BCUT2D eigenvalue weighted by Gasteiger charge is -2.27. The van der Waals surface area contributed by atoms with Crippen LogP contribution in [0.15, 0.2) is 0 Å². The number of carbonyl (C=O) groups is 2. The fourth-order valence-electron chi connectivity index (χ4n) is 1.84. The van der Waals surface area contributed by atoms with Gasteiger partial charge in [-0.25, -0.2) is 0 Å². The second-order valence-corrected chi connectivity index (χ2v) is 4.31. The molecule has 0 aromatic rings. The topological polar surface area (TPSA) is 75.6 Å². The lowest BCUT2D eigenvalue weighted by molar-refractivity contribution is -0.142. The summed E-state index contributed by atoms with van der Waals surface area (Å²) in [4.78, 5) is 22.3. The lowest BCUT2D eigenvalue weighted by Crippen LogP contribution is -2.43.